The normalized spacial score (nSPS) is 29.6. The lowest BCUT2D eigenvalue weighted by Crippen LogP contribution is -2.74. The van der Waals surface area contributed by atoms with Crippen LogP contribution in [0, 0.1) is 5.92 Å². The molecule has 0 radical (unpaired) electrons. The number of hydrogen-bond acceptors (Lipinski definition) is 4. The van der Waals surface area contributed by atoms with Gasteiger partial charge in [-0.1, -0.05) is 54.6 Å². The SMILES string of the molecule is O[C@@]12Cc3c([nH]c4ccccc34)C3Oc4c(OCCCc5ccccc5)ccc5c4[C@@]31CCN(CC1CC1)C2C5. The Balaban J connectivity index is 1.14. The first-order chi connectivity index (χ1) is 19.7. The molecular formula is C35H36N2O3. The number of rotatable bonds is 7. The minimum Gasteiger partial charge on any atom is -0.490 e. The fraction of sp³-hybridized carbons (Fsp3) is 0.429. The van der Waals surface area contributed by atoms with Crippen molar-refractivity contribution in [3.63, 3.8) is 0 Å². The molecule has 1 saturated carbocycles. The van der Waals surface area contributed by atoms with Crippen LogP contribution in [-0.2, 0) is 24.7 Å². The minimum atomic E-state index is -0.882. The topological polar surface area (TPSA) is 57.7 Å². The molecule has 0 amide bonds. The van der Waals surface area contributed by atoms with Crippen molar-refractivity contribution in [3.05, 3.63) is 94.7 Å². The summed E-state index contributed by atoms with van der Waals surface area (Å²) in [7, 11) is 0. The van der Waals surface area contributed by atoms with Crippen LogP contribution in [0.15, 0.2) is 66.7 Å². The number of ether oxygens (including phenoxy) is 2. The average Bonchev–Trinajstić information content (AvgIpc) is 3.61. The molecule has 2 bridgehead atoms. The molecule has 2 fully saturated rings. The number of H-pyrrole nitrogens is 1. The van der Waals surface area contributed by atoms with E-state index in [0.717, 1.165) is 67.4 Å². The fourth-order valence-corrected chi connectivity index (χ4v) is 8.78. The Morgan fingerprint density at radius 2 is 1.88 bits per heavy atom. The molecule has 4 atom stereocenters. The molecule has 3 aromatic carbocycles. The van der Waals surface area contributed by atoms with Gasteiger partial charge in [0.1, 0.15) is 0 Å². The van der Waals surface area contributed by atoms with Gasteiger partial charge in [0.2, 0.25) is 0 Å². The number of piperidine rings is 1. The molecule has 3 aliphatic carbocycles. The maximum atomic E-state index is 13.1. The summed E-state index contributed by atoms with van der Waals surface area (Å²) in [6, 6.07) is 23.6. The third-order valence-electron chi connectivity index (χ3n) is 10.8. The van der Waals surface area contributed by atoms with E-state index in [0.29, 0.717) is 13.0 Å². The number of nitrogens with one attached hydrogen (secondary N) is 1. The van der Waals surface area contributed by atoms with Gasteiger partial charge in [0.25, 0.3) is 0 Å². The van der Waals surface area contributed by atoms with Gasteiger partial charge >= 0.3 is 0 Å². The van der Waals surface area contributed by atoms with Gasteiger partial charge < -0.3 is 19.6 Å². The number of hydrogen-bond donors (Lipinski definition) is 2. The Labute approximate surface area is 235 Å². The van der Waals surface area contributed by atoms with Crippen molar-refractivity contribution in [3.8, 4) is 11.5 Å². The molecular weight excluding hydrogens is 496 g/mol. The first-order valence-electron chi connectivity index (χ1n) is 15.2. The number of fused-ring (bicyclic) bond motifs is 4. The third kappa shape index (κ3) is 3.11. The van der Waals surface area contributed by atoms with Crippen molar-refractivity contribution >= 4 is 10.9 Å². The summed E-state index contributed by atoms with van der Waals surface area (Å²) in [5.74, 6) is 2.50. The number of benzene rings is 3. The Kier molecular flexibility index (Phi) is 4.90. The summed E-state index contributed by atoms with van der Waals surface area (Å²) in [5.41, 5.74) is 6.08. The van der Waals surface area contributed by atoms with Gasteiger partial charge in [-0.3, -0.25) is 4.90 Å². The molecule has 2 unspecified atom stereocenters. The molecule has 1 spiro atoms. The minimum absolute atomic E-state index is 0.103. The molecule has 1 aromatic heterocycles. The quantitative estimate of drug-likeness (QED) is 0.292. The molecule has 2 N–H and O–H groups in total. The van der Waals surface area contributed by atoms with E-state index < -0.39 is 11.0 Å². The van der Waals surface area contributed by atoms with E-state index in [9.17, 15) is 5.11 Å². The molecule has 2 aliphatic heterocycles. The highest BCUT2D eigenvalue weighted by atomic mass is 16.5. The zero-order chi connectivity index (χ0) is 26.5. The number of para-hydroxylation sites is 1. The van der Waals surface area contributed by atoms with E-state index in [1.807, 2.05) is 0 Å². The number of nitrogens with zero attached hydrogens (tertiary/aromatic N) is 1. The first kappa shape index (κ1) is 23.4. The Hall–Kier alpha value is -3.28. The summed E-state index contributed by atoms with van der Waals surface area (Å²) >= 11 is 0. The van der Waals surface area contributed by atoms with Crippen molar-refractivity contribution in [2.75, 3.05) is 19.7 Å². The highest BCUT2D eigenvalue weighted by Crippen LogP contribution is 2.69. The molecule has 9 rings (SSSR count). The van der Waals surface area contributed by atoms with Crippen LogP contribution in [0.1, 0.15) is 59.7 Å². The molecule has 4 aromatic rings. The van der Waals surface area contributed by atoms with E-state index in [1.54, 1.807) is 0 Å². The first-order valence-corrected chi connectivity index (χ1v) is 15.2. The van der Waals surface area contributed by atoms with Crippen LogP contribution in [0.5, 0.6) is 11.5 Å². The summed E-state index contributed by atoms with van der Waals surface area (Å²) in [4.78, 5) is 6.39. The zero-order valence-corrected chi connectivity index (χ0v) is 22.9. The van der Waals surface area contributed by atoms with Crippen LogP contribution in [0.4, 0.5) is 0 Å². The van der Waals surface area contributed by atoms with Crippen LogP contribution < -0.4 is 9.47 Å². The number of aromatic amines is 1. The second-order valence-corrected chi connectivity index (χ2v) is 12.9. The Morgan fingerprint density at radius 1 is 1.02 bits per heavy atom. The molecule has 5 heteroatoms. The lowest BCUT2D eigenvalue weighted by atomic mass is 9.49. The molecule has 3 heterocycles. The maximum absolute atomic E-state index is 13.1. The van der Waals surface area contributed by atoms with Gasteiger partial charge in [-0.15, -0.1) is 0 Å². The van der Waals surface area contributed by atoms with Crippen molar-refractivity contribution in [1.82, 2.24) is 9.88 Å². The highest BCUT2D eigenvalue weighted by molar-refractivity contribution is 5.86. The van der Waals surface area contributed by atoms with Crippen LogP contribution in [0.25, 0.3) is 10.9 Å². The van der Waals surface area contributed by atoms with Crippen molar-refractivity contribution in [1.29, 1.82) is 0 Å². The predicted molar refractivity (Wildman–Crippen MR) is 155 cm³/mol. The van der Waals surface area contributed by atoms with Gasteiger partial charge in [0.15, 0.2) is 17.6 Å². The van der Waals surface area contributed by atoms with Gasteiger partial charge in [-0.05, 0) is 79.8 Å². The molecule has 204 valence electrons. The monoisotopic (exact) mass is 532 g/mol. The predicted octanol–water partition coefficient (Wildman–Crippen LogP) is 5.88. The second kappa shape index (κ2) is 8.37. The largest absolute Gasteiger partial charge is 0.490 e. The standard InChI is InChI=1S/C35H36N2O3/c38-35-20-26-25-10-4-5-11-27(25)36-31(26)33-34(35)16-17-37(21-23-12-13-23)29(35)19-24-14-15-28(32(40-33)30(24)34)39-18-6-9-22-7-2-1-3-8-22/h1-5,7-8,10-11,14-15,23,29,33,36,38H,6,9,12-13,16-21H2/t29?,33?,34-,35+/m0/s1. The van der Waals surface area contributed by atoms with E-state index in [4.69, 9.17) is 9.47 Å². The van der Waals surface area contributed by atoms with Crippen molar-refractivity contribution < 1.29 is 14.6 Å². The summed E-state index contributed by atoms with van der Waals surface area (Å²) < 4.78 is 13.5. The van der Waals surface area contributed by atoms with E-state index in [-0.39, 0.29) is 12.1 Å². The van der Waals surface area contributed by atoms with Crippen molar-refractivity contribution in [2.24, 2.45) is 5.92 Å². The van der Waals surface area contributed by atoms with Gasteiger partial charge in [-0.2, -0.15) is 0 Å². The van der Waals surface area contributed by atoms with Gasteiger partial charge in [0.05, 0.1) is 23.3 Å². The fourth-order valence-electron chi connectivity index (χ4n) is 8.78. The zero-order valence-electron chi connectivity index (χ0n) is 22.9. The van der Waals surface area contributed by atoms with Crippen LogP contribution in [0.3, 0.4) is 0 Å². The summed E-state index contributed by atoms with van der Waals surface area (Å²) in [5, 5.41) is 14.3. The smallest absolute Gasteiger partial charge is 0.166 e. The lowest BCUT2D eigenvalue weighted by molar-refractivity contribution is -0.173. The van der Waals surface area contributed by atoms with Crippen LogP contribution in [-0.4, -0.2) is 46.3 Å². The van der Waals surface area contributed by atoms with Crippen LogP contribution >= 0.6 is 0 Å². The van der Waals surface area contributed by atoms with E-state index >= 15 is 0 Å². The molecule has 5 aliphatic rings. The number of aliphatic hydroxyl groups is 1. The van der Waals surface area contributed by atoms with Gasteiger partial charge in [0, 0.05) is 35.5 Å². The number of aryl methyl sites for hydroxylation is 1. The average molecular weight is 533 g/mol. The molecule has 40 heavy (non-hydrogen) atoms. The Bertz CT molecular complexity index is 1620. The molecule has 1 saturated heterocycles. The lowest BCUT2D eigenvalue weighted by Gasteiger charge is -2.62. The number of aromatic nitrogens is 1. The molecule has 5 nitrogen and oxygen atoms in total. The highest BCUT2D eigenvalue weighted by Gasteiger charge is 2.72. The second-order valence-electron chi connectivity index (χ2n) is 12.9. The van der Waals surface area contributed by atoms with Crippen molar-refractivity contribution in [2.45, 2.75) is 68.1 Å². The number of likely N-dealkylation sites (tertiary alicyclic amines) is 1. The van der Waals surface area contributed by atoms with Gasteiger partial charge in [-0.25, -0.2) is 0 Å². The summed E-state index contributed by atoms with van der Waals surface area (Å²) in [6.07, 6.45) is 6.81. The van der Waals surface area contributed by atoms with Crippen LogP contribution in [0.2, 0.25) is 0 Å². The maximum Gasteiger partial charge on any atom is 0.166 e. The third-order valence-corrected chi connectivity index (χ3v) is 10.8. The Morgan fingerprint density at radius 3 is 2.75 bits per heavy atom. The van der Waals surface area contributed by atoms with E-state index in [2.05, 4.69) is 76.6 Å². The summed E-state index contributed by atoms with van der Waals surface area (Å²) in [6.45, 7) is 2.77. The van der Waals surface area contributed by atoms with E-state index in [1.165, 1.54) is 40.5 Å².